The Bertz CT molecular complexity index is 649. The van der Waals surface area contributed by atoms with Crippen LogP contribution in [0, 0.1) is 0 Å². The van der Waals surface area contributed by atoms with Crippen LogP contribution in [0.15, 0.2) is 39.7 Å². The van der Waals surface area contributed by atoms with Gasteiger partial charge in [-0.1, -0.05) is 23.2 Å². The highest BCUT2D eigenvalue weighted by Gasteiger charge is 2.14. The lowest BCUT2D eigenvalue weighted by Gasteiger charge is -2.26. The summed E-state index contributed by atoms with van der Waals surface area (Å²) in [6.45, 7) is 3.13. The molecule has 0 amide bonds. The third-order valence-corrected chi connectivity index (χ3v) is 3.71. The quantitative estimate of drug-likeness (QED) is 0.795. The molecule has 1 aliphatic rings. The van der Waals surface area contributed by atoms with Gasteiger partial charge in [-0.25, -0.2) is 0 Å². The molecule has 0 N–H and O–H groups in total. The molecule has 1 aromatic heterocycles. The van der Waals surface area contributed by atoms with Crippen LogP contribution in [0.3, 0.4) is 0 Å². The second kappa shape index (κ2) is 6.52. The van der Waals surface area contributed by atoms with Crippen molar-refractivity contribution in [3.05, 3.63) is 46.1 Å². The molecule has 1 aromatic carbocycles. The maximum Gasteiger partial charge on any atom is 0.196 e. The van der Waals surface area contributed by atoms with E-state index in [9.17, 15) is 0 Å². The molecular weight excluding hydrogens is 311 g/mol. The van der Waals surface area contributed by atoms with E-state index >= 15 is 0 Å². The lowest BCUT2D eigenvalue weighted by molar-refractivity contribution is 0.120. The largest absolute Gasteiger partial charge is 0.440 e. The van der Waals surface area contributed by atoms with Crippen LogP contribution >= 0.6 is 23.2 Å². The van der Waals surface area contributed by atoms with Crippen molar-refractivity contribution in [1.29, 1.82) is 0 Å². The van der Waals surface area contributed by atoms with Crippen LogP contribution in [0.1, 0.15) is 5.76 Å². The second-order valence-corrected chi connectivity index (χ2v) is 5.47. The molecule has 3 rings (SSSR count). The van der Waals surface area contributed by atoms with Gasteiger partial charge in [0.05, 0.1) is 30.1 Å². The monoisotopic (exact) mass is 324 g/mol. The molecule has 0 aliphatic carbocycles. The van der Waals surface area contributed by atoms with Gasteiger partial charge in [0.2, 0.25) is 0 Å². The summed E-state index contributed by atoms with van der Waals surface area (Å²) in [7, 11) is 0. The highest BCUT2D eigenvalue weighted by molar-refractivity contribution is 6.36. The first-order chi connectivity index (χ1) is 10.2. The van der Waals surface area contributed by atoms with Crippen LogP contribution in [0.5, 0.6) is 0 Å². The normalized spacial score (nSPS) is 15.8. The Labute approximate surface area is 132 Å². The van der Waals surface area contributed by atoms with Gasteiger partial charge >= 0.3 is 0 Å². The van der Waals surface area contributed by atoms with Crippen molar-refractivity contribution >= 4 is 41.0 Å². The van der Waals surface area contributed by atoms with Crippen LogP contribution in [0.25, 0.3) is 0 Å². The Morgan fingerprint density at radius 1 is 1.10 bits per heavy atom. The van der Waals surface area contributed by atoms with Gasteiger partial charge < -0.3 is 14.1 Å². The highest BCUT2D eigenvalue weighted by Crippen LogP contribution is 2.28. The van der Waals surface area contributed by atoms with Gasteiger partial charge in [0.25, 0.3) is 0 Å². The summed E-state index contributed by atoms with van der Waals surface area (Å²) in [6, 6.07) is 9.01. The van der Waals surface area contributed by atoms with E-state index in [1.807, 2.05) is 12.1 Å². The third-order valence-electron chi connectivity index (χ3n) is 3.18. The fourth-order valence-corrected chi connectivity index (χ4v) is 2.54. The minimum absolute atomic E-state index is 0.513. The maximum atomic E-state index is 6.07. The van der Waals surface area contributed by atoms with Gasteiger partial charge in [-0.3, -0.25) is 4.99 Å². The number of halogens is 2. The fourth-order valence-electron chi connectivity index (χ4n) is 2.08. The summed E-state index contributed by atoms with van der Waals surface area (Å²) < 4.78 is 11.1. The molecule has 2 heterocycles. The average molecular weight is 325 g/mol. The van der Waals surface area contributed by atoms with Crippen molar-refractivity contribution in [2.45, 2.75) is 0 Å². The molecule has 1 fully saturated rings. The number of morpholine rings is 1. The Kier molecular flexibility index (Phi) is 4.48. The van der Waals surface area contributed by atoms with E-state index in [0.29, 0.717) is 21.5 Å². The fraction of sp³-hybridized carbons (Fsp3) is 0.267. The number of ether oxygens (including phenoxy) is 1. The molecule has 0 bridgehead atoms. The predicted molar refractivity (Wildman–Crippen MR) is 85.5 cm³/mol. The number of aliphatic imine (C=N–C) groups is 1. The molecule has 0 saturated carbocycles. The van der Waals surface area contributed by atoms with Crippen LogP contribution in [-0.4, -0.2) is 32.5 Å². The van der Waals surface area contributed by atoms with E-state index in [2.05, 4.69) is 9.89 Å². The summed E-state index contributed by atoms with van der Waals surface area (Å²) in [5.41, 5.74) is 0.658. The number of benzene rings is 1. The van der Waals surface area contributed by atoms with Gasteiger partial charge in [-0.15, -0.1) is 0 Å². The highest BCUT2D eigenvalue weighted by atomic mass is 35.5. The van der Waals surface area contributed by atoms with Crippen molar-refractivity contribution in [2.75, 3.05) is 31.2 Å². The first kappa shape index (κ1) is 14.4. The zero-order valence-electron chi connectivity index (χ0n) is 11.3. The molecular formula is C15H14Cl2N2O2. The molecule has 0 unspecified atom stereocenters. The molecule has 1 saturated heterocycles. The Morgan fingerprint density at radius 2 is 1.90 bits per heavy atom. The first-order valence-electron chi connectivity index (χ1n) is 6.64. The molecule has 1 aliphatic heterocycles. The SMILES string of the molecule is Clc1ccc(N=Cc2ccc(N3CCOCC3)o2)c(Cl)c1. The summed E-state index contributed by atoms with van der Waals surface area (Å²) in [6.07, 6.45) is 1.65. The third kappa shape index (κ3) is 3.59. The van der Waals surface area contributed by atoms with Gasteiger partial charge in [0.1, 0.15) is 5.76 Å². The number of hydrogen-bond acceptors (Lipinski definition) is 4. The standard InChI is InChI=1S/C15H14Cl2N2O2/c16-11-1-3-14(13(17)9-11)18-10-12-2-4-15(21-12)19-5-7-20-8-6-19/h1-4,9-10H,5-8H2. The van der Waals surface area contributed by atoms with Gasteiger partial charge in [-0.2, -0.15) is 0 Å². The van der Waals surface area contributed by atoms with E-state index in [1.165, 1.54) is 0 Å². The summed E-state index contributed by atoms with van der Waals surface area (Å²) in [5, 5.41) is 1.10. The Hall–Kier alpha value is -1.49. The van der Waals surface area contributed by atoms with Gasteiger partial charge in [0, 0.05) is 24.2 Å². The predicted octanol–water partition coefficient (Wildman–Crippen LogP) is 4.17. The zero-order chi connectivity index (χ0) is 14.7. The Morgan fingerprint density at radius 3 is 2.67 bits per heavy atom. The van der Waals surface area contributed by atoms with Gasteiger partial charge in [0.15, 0.2) is 5.88 Å². The minimum atomic E-state index is 0.513. The van der Waals surface area contributed by atoms with Crippen LogP contribution < -0.4 is 4.90 Å². The van der Waals surface area contributed by atoms with E-state index in [1.54, 1.807) is 24.4 Å². The van der Waals surface area contributed by atoms with Gasteiger partial charge in [-0.05, 0) is 24.3 Å². The van der Waals surface area contributed by atoms with Crippen molar-refractivity contribution in [3.63, 3.8) is 0 Å². The molecule has 0 spiro atoms. The van der Waals surface area contributed by atoms with E-state index in [0.717, 1.165) is 32.2 Å². The van der Waals surface area contributed by atoms with Crippen LogP contribution in [0.4, 0.5) is 11.6 Å². The molecule has 2 aromatic rings. The molecule has 4 nitrogen and oxygen atoms in total. The lowest BCUT2D eigenvalue weighted by Crippen LogP contribution is -2.35. The average Bonchev–Trinajstić information content (AvgIpc) is 2.96. The number of anilines is 1. The summed E-state index contributed by atoms with van der Waals surface area (Å²) >= 11 is 11.9. The van der Waals surface area contributed by atoms with Crippen LogP contribution in [-0.2, 0) is 4.74 Å². The maximum absolute atomic E-state index is 6.07. The first-order valence-corrected chi connectivity index (χ1v) is 7.39. The molecule has 6 heteroatoms. The van der Waals surface area contributed by atoms with Crippen molar-refractivity contribution in [2.24, 2.45) is 4.99 Å². The molecule has 0 radical (unpaired) electrons. The number of furan rings is 1. The van der Waals surface area contributed by atoms with Crippen molar-refractivity contribution in [3.8, 4) is 0 Å². The Balaban J connectivity index is 1.72. The zero-order valence-corrected chi connectivity index (χ0v) is 12.8. The smallest absolute Gasteiger partial charge is 0.196 e. The minimum Gasteiger partial charge on any atom is -0.440 e. The topological polar surface area (TPSA) is 38.0 Å². The molecule has 110 valence electrons. The summed E-state index contributed by atoms with van der Waals surface area (Å²) in [5.74, 6) is 1.52. The molecule has 0 atom stereocenters. The molecule has 21 heavy (non-hydrogen) atoms. The number of nitrogens with zero attached hydrogens (tertiary/aromatic N) is 2. The second-order valence-electron chi connectivity index (χ2n) is 4.63. The van der Waals surface area contributed by atoms with E-state index < -0.39 is 0 Å². The van der Waals surface area contributed by atoms with E-state index in [4.69, 9.17) is 32.4 Å². The van der Waals surface area contributed by atoms with Crippen LogP contribution in [0.2, 0.25) is 10.0 Å². The lowest BCUT2D eigenvalue weighted by atomic mass is 10.3. The summed E-state index contributed by atoms with van der Waals surface area (Å²) in [4.78, 5) is 6.47. The number of hydrogen-bond donors (Lipinski definition) is 0. The number of rotatable bonds is 3. The van der Waals surface area contributed by atoms with Crippen molar-refractivity contribution in [1.82, 2.24) is 0 Å². The van der Waals surface area contributed by atoms with E-state index in [-0.39, 0.29) is 0 Å². The van der Waals surface area contributed by atoms with Crippen molar-refractivity contribution < 1.29 is 9.15 Å².